The molecule has 0 saturated heterocycles. The first-order chi connectivity index (χ1) is 6.61. The molecular weight excluding hydrogens is 248 g/mol. The number of carbonyl (C=O) groups excluding carboxylic acids is 1. The van der Waals surface area contributed by atoms with Gasteiger partial charge in [-0.25, -0.2) is 4.79 Å². The van der Waals surface area contributed by atoms with Gasteiger partial charge in [0, 0.05) is 17.9 Å². The number of aryl methyl sites for hydroxylation is 2. The van der Waals surface area contributed by atoms with Crippen molar-refractivity contribution < 1.29 is 9.53 Å². The second-order valence-electron chi connectivity index (χ2n) is 2.89. The van der Waals surface area contributed by atoms with Gasteiger partial charge in [0.25, 0.3) is 0 Å². The summed E-state index contributed by atoms with van der Waals surface area (Å²) in [5.74, 6) is -0.315. The Morgan fingerprint density at radius 1 is 1.64 bits per heavy atom. The van der Waals surface area contributed by atoms with Gasteiger partial charge in [0.1, 0.15) is 0 Å². The van der Waals surface area contributed by atoms with Gasteiger partial charge < -0.3 is 4.74 Å². The number of aromatic nitrogens is 2. The van der Waals surface area contributed by atoms with Crippen LogP contribution in [-0.2, 0) is 17.1 Å². The third-order valence-corrected chi connectivity index (χ3v) is 2.51. The van der Waals surface area contributed by atoms with Crippen LogP contribution in [0.1, 0.15) is 28.7 Å². The molecule has 0 fully saturated rings. The van der Waals surface area contributed by atoms with E-state index in [2.05, 4.69) is 21.0 Å². The number of hydrogen-bond donors (Lipinski definition) is 0. The lowest BCUT2D eigenvalue weighted by atomic mass is 10.2. The van der Waals surface area contributed by atoms with E-state index < -0.39 is 0 Å². The van der Waals surface area contributed by atoms with Gasteiger partial charge in [-0.15, -0.1) is 0 Å². The van der Waals surface area contributed by atoms with E-state index in [0.717, 1.165) is 11.3 Å². The van der Waals surface area contributed by atoms with Gasteiger partial charge in [-0.2, -0.15) is 5.10 Å². The van der Waals surface area contributed by atoms with Gasteiger partial charge in [0.05, 0.1) is 12.3 Å². The molecule has 0 aliphatic heterocycles. The minimum Gasteiger partial charge on any atom is -0.461 e. The molecule has 1 aromatic rings. The van der Waals surface area contributed by atoms with Crippen LogP contribution in [0.15, 0.2) is 0 Å². The quantitative estimate of drug-likeness (QED) is 0.615. The highest BCUT2D eigenvalue weighted by molar-refractivity contribution is 9.08. The maximum atomic E-state index is 11.6. The Morgan fingerprint density at radius 3 is 2.79 bits per heavy atom. The highest BCUT2D eigenvalue weighted by Gasteiger charge is 2.19. The highest BCUT2D eigenvalue weighted by Crippen LogP contribution is 2.17. The van der Waals surface area contributed by atoms with Crippen molar-refractivity contribution in [1.82, 2.24) is 9.78 Å². The molecule has 0 aliphatic carbocycles. The average Bonchev–Trinajstić information content (AvgIpc) is 2.40. The first-order valence-corrected chi connectivity index (χ1v) is 5.49. The van der Waals surface area contributed by atoms with Crippen molar-refractivity contribution in [2.45, 2.75) is 19.2 Å². The molecule has 0 spiro atoms. The maximum absolute atomic E-state index is 11.6. The van der Waals surface area contributed by atoms with Gasteiger partial charge in [0.15, 0.2) is 5.69 Å². The number of esters is 1. The lowest BCUT2D eigenvalue weighted by molar-refractivity contribution is 0.0512. The molecule has 1 heterocycles. The molecule has 1 rings (SSSR count). The summed E-state index contributed by atoms with van der Waals surface area (Å²) in [6.45, 7) is 4.04. The van der Waals surface area contributed by atoms with E-state index in [1.807, 2.05) is 6.92 Å². The zero-order chi connectivity index (χ0) is 10.7. The minimum absolute atomic E-state index is 0.315. The van der Waals surface area contributed by atoms with Crippen LogP contribution in [0.3, 0.4) is 0 Å². The van der Waals surface area contributed by atoms with E-state index in [9.17, 15) is 4.79 Å². The molecule has 78 valence electrons. The van der Waals surface area contributed by atoms with Crippen molar-refractivity contribution in [3.8, 4) is 0 Å². The van der Waals surface area contributed by atoms with Crippen LogP contribution < -0.4 is 0 Å². The Kier molecular flexibility index (Phi) is 3.69. The smallest absolute Gasteiger partial charge is 0.356 e. The molecule has 5 heteroatoms. The number of rotatable bonds is 3. The minimum atomic E-state index is -0.315. The van der Waals surface area contributed by atoms with E-state index in [1.54, 1.807) is 18.7 Å². The molecule has 0 amide bonds. The van der Waals surface area contributed by atoms with Crippen molar-refractivity contribution in [2.24, 2.45) is 7.05 Å². The Hall–Kier alpha value is -0.840. The summed E-state index contributed by atoms with van der Waals surface area (Å²) in [7, 11) is 1.74. The molecular formula is C9H13BrN2O2. The number of halogens is 1. The molecule has 0 aliphatic rings. The van der Waals surface area contributed by atoms with Crippen LogP contribution in [0.25, 0.3) is 0 Å². The molecule has 0 atom stereocenters. The van der Waals surface area contributed by atoms with Crippen molar-refractivity contribution in [3.63, 3.8) is 0 Å². The fraction of sp³-hybridized carbons (Fsp3) is 0.556. The van der Waals surface area contributed by atoms with Gasteiger partial charge in [0.2, 0.25) is 0 Å². The lowest BCUT2D eigenvalue weighted by Gasteiger charge is -2.03. The molecule has 14 heavy (non-hydrogen) atoms. The summed E-state index contributed by atoms with van der Waals surface area (Å²) < 4.78 is 6.50. The second-order valence-corrected chi connectivity index (χ2v) is 3.45. The monoisotopic (exact) mass is 260 g/mol. The summed E-state index contributed by atoms with van der Waals surface area (Å²) in [4.78, 5) is 11.6. The van der Waals surface area contributed by atoms with Crippen LogP contribution in [0, 0.1) is 6.92 Å². The SMILES string of the molecule is CCOC(=O)c1c(CBr)c(C)nn1C. The van der Waals surface area contributed by atoms with Crippen molar-refractivity contribution in [1.29, 1.82) is 0 Å². The fourth-order valence-electron chi connectivity index (χ4n) is 1.32. The van der Waals surface area contributed by atoms with E-state index in [-0.39, 0.29) is 5.97 Å². The van der Waals surface area contributed by atoms with Crippen LogP contribution in [0.5, 0.6) is 0 Å². The normalized spacial score (nSPS) is 10.3. The Labute approximate surface area is 91.4 Å². The Balaban J connectivity index is 3.11. The predicted molar refractivity (Wildman–Crippen MR) is 56.5 cm³/mol. The summed E-state index contributed by atoms with van der Waals surface area (Å²) in [6, 6.07) is 0. The zero-order valence-electron chi connectivity index (χ0n) is 8.50. The first kappa shape index (κ1) is 11.2. The van der Waals surface area contributed by atoms with Gasteiger partial charge in [-0.05, 0) is 13.8 Å². The Bertz CT molecular complexity index is 347. The van der Waals surface area contributed by atoms with Crippen molar-refractivity contribution >= 4 is 21.9 Å². The molecule has 0 aromatic carbocycles. The molecule has 0 radical (unpaired) electrons. The topological polar surface area (TPSA) is 44.1 Å². The van der Waals surface area contributed by atoms with Crippen molar-refractivity contribution in [2.75, 3.05) is 6.61 Å². The van der Waals surface area contributed by atoms with Crippen molar-refractivity contribution in [3.05, 3.63) is 17.0 Å². The van der Waals surface area contributed by atoms with Crippen LogP contribution in [0.4, 0.5) is 0 Å². The Morgan fingerprint density at radius 2 is 2.29 bits per heavy atom. The molecule has 0 saturated carbocycles. The standard InChI is InChI=1S/C9H13BrN2O2/c1-4-14-9(13)8-7(5-10)6(2)11-12(8)3/h4-5H2,1-3H3. The zero-order valence-corrected chi connectivity index (χ0v) is 10.1. The third-order valence-electron chi connectivity index (χ3n) is 1.95. The fourth-order valence-corrected chi connectivity index (χ4v) is 1.99. The summed E-state index contributed by atoms with van der Waals surface area (Å²) in [6.07, 6.45) is 0. The number of alkyl halides is 1. The third kappa shape index (κ3) is 1.97. The first-order valence-electron chi connectivity index (χ1n) is 4.37. The molecule has 0 unspecified atom stereocenters. The molecule has 4 nitrogen and oxygen atoms in total. The second kappa shape index (κ2) is 4.59. The average molecular weight is 261 g/mol. The van der Waals surface area contributed by atoms with Crippen LogP contribution in [-0.4, -0.2) is 22.4 Å². The lowest BCUT2D eigenvalue weighted by Crippen LogP contribution is -2.12. The van der Waals surface area contributed by atoms with E-state index in [4.69, 9.17) is 4.74 Å². The summed E-state index contributed by atoms with van der Waals surface area (Å²) in [5.41, 5.74) is 2.28. The van der Waals surface area contributed by atoms with Gasteiger partial charge >= 0.3 is 5.97 Å². The van der Waals surface area contributed by atoms with Gasteiger partial charge in [-0.3, -0.25) is 4.68 Å². The number of nitrogens with zero attached hydrogens (tertiary/aromatic N) is 2. The number of carbonyl (C=O) groups is 1. The largest absolute Gasteiger partial charge is 0.461 e. The number of hydrogen-bond acceptors (Lipinski definition) is 3. The summed E-state index contributed by atoms with van der Waals surface area (Å²) in [5, 5.41) is 4.78. The van der Waals surface area contributed by atoms with E-state index in [0.29, 0.717) is 17.6 Å². The van der Waals surface area contributed by atoms with E-state index >= 15 is 0 Å². The van der Waals surface area contributed by atoms with Gasteiger partial charge in [-0.1, -0.05) is 15.9 Å². The molecule has 0 N–H and O–H groups in total. The number of ether oxygens (including phenoxy) is 1. The highest BCUT2D eigenvalue weighted by atomic mass is 79.9. The van der Waals surface area contributed by atoms with E-state index in [1.165, 1.54) is 0 Å². The van der Waals surface area contributed by atoms with Crippen LogP contribution >= 0.6 is 15.9 Å². The maximum Gasteiger partial charge on any atom is 0.356 e. The van der Waals surface area contributed by atoms with Crippen LogP contribution in [0.2, 0.25) is 0 Å². The summed E-state index contributed by atoms with van der Waals surface area (Å²) >= 11 is 3.33. The predicted octanol–water partition coefficient (Wildman–Crippen LogP) is 1.80. The molecule has 0 bridgehead atoms. The molecule has 1 aromatic heterocycles.